The number of hydrazine groups is 1. The van der Waals surface area contributed by atoms with Crippen LogP contribution in [0, 0.1) is 0 Å². The molecule has 2 rings (SSSR count). The lowest BCUT2D eigenvalue weighted by Gasteiger charge is -2.12. The molecule has 0 saturated heterocycles. The van der Waals surface area contributed by atoms with Crippen molar-refractivity contribution in [1.82, 2.24) is 10.9 Å². The molecule has 7 heteroatoms. The second-order valence-corrected chi connectivity index (χ2v) is 5.67. The Hall–Kier alpha value is -3.22. The number of methoxy groups -OCH3 is 1. The summed E-state index contributed by atoms with van der Waals surface area (Å²) >= 11 is 0. The third-order valence-corrected chi connectivity index (χ3v) is 3.61. The largest absolute Gasteiger partial charge is 0.493 e. The summed E-state index contributed by atoms with van der Waals surface area (Å²) in [4.78, 5) is 24.0. The molecule has 27 heavy (non-hydrogen) atoms. The molecule has 0 fully saturated rings. The SMILES string of the molecule is CCCCOc1ccc(C(=O)NNC(=O)COc2ccccc2)cc1OC. The molecule has 0 bridgehead atoms. The zero-order chi connectivity index (χ0) is 19.5. The quantitative estimate of drug-likeness (QED) is 0.522. The topological polar surface area (TPSA) is 85.9 Å². The molecule has 2 amide bonds. The molecule has 2 aromatic rings. The van der Waals surface area contributed by atoms with Gasteiger partial charge in [0.05, 0.1) is 13.7 Å². The lowest BCUT2D eigenvalue weighted by Crippen LogP contribution is -2.43. The van der Waals surface area contributed by atoms with Crippen LogP contribution in [0.2, 0.25) is 0 Å². The second-order valence-electron chi connectivity index (χ2n) is 5.67. The lowest BCUT2D eigenvalue weighted by atomic mass is 10.2. The third kappa shape index (κ3) is 6.54. The number of nitrogens with one attached hydrogen (secondary N) is 2. The standard InChI is InChI=1S/C20H24N2O5/c1-3-4-12-26-17-11-10-15(13-18(17)25-2)20(24)22-21-19(23)14-27-16-8-6-5-7-9-16/h5-11,13H,3-4,12,14H2,1-2H3,(H,21,23)(H,22,24). The van der Waals surface area contributed by atoms with E-state index in [-0.39, 0.29) is 6.61 Å². The zero-order valence-electron chi connectivity index (χ0n) is 15.5. The second kappa shape index (κ2) is 10.7. The highest BCUT2D eigenvalue weighted by Gasteiger charge is 2.12. The Balaban J connectivity index is 1.84. The number of amides is 2. The molecular formula is C20H24N2O5. The van der Waals surface area contributed by atoms with Crippen LogP contribution in [0.15, 0.2) is 48.5 Å². The molecule has 0 aliphatic heterocycles. The summed E-state index contributed by atoms with van der Waals surface area (Å²) in [7, 11) is 1.51. The lowest BCUT2D eigenvalue weighted by molar-refractivity contribution is -0.123. The fraction of sp³-hybridized carbons (Fsp3) is 0.300. The van der Waals surface area contributed by atoms with Crippen molar-refractivity contribution >= 4 is 11.8 Å². The summed E-state index contributed by atoms with van der Waals surface area (Å²) in [5.41, 5.74) is 4.99. The molecule has 0 unspecified atom stereocenters. The van der Waals surface area contributed by atoms with Crippen molar-refractivity contribution in [3.8, 4) is 17.2 Å². The van der Waals surface area contributed by atoms with Crippen LogP contribution in [0.4, 0.5) is 0 Å². The van der Waals surface area contributed by atoms with Gasteiger partial charge in [-0.25, -0.2) is 0 Å². The van der Waals surface area contributed by atoms with E-state index in [1.807, 2.05) is 6.07 Å². The fourth-order valence-corrected chi connectivity index (χ4v) is 2.15. The predicted molar refractivity (Wildman–Crippen MR) is 101 cm³/mol. The van der Waals surface area contributed by atoms with E-state index in [1.54, 1.807) is 42.5 Å². The van der Waals surface area contributed by atoms with Crippen molar-refractivity contribution < 1.29 is 23.8 Å². The van der Waals surface area contributed by atoms with Crippen LogP contribution >= 0.6 is 0 Å². The summed E-state index contributed by atoms with van der Waals surface area (Å²) in [6, 6.07) is 13.8. The van der Waals surface area contributed by atoms with Gasteiger partial charge in [-0.2, -0.15) is 0 Å². The van der Waals surface area contributed by atoms with Crippen molar-refractivity contribution in [2.75, 3.05) is 20.3 Å². The number of ether oxygens (including phenoxy) is 3. The molecule has 0 radical (unpaired) electrons. The van der Waals surface area contributed by atoms with Crippen molar-refractivity contribution in [3.05, 3.63) is 54.1 Å². The van der Waals surface area contributed by atoms with Crippen LogP contribution in [0.5, 0.6) is 17.2 Å². The molecule has 0 heterocycles. The minimum absolute atomic E-state index is 0.210. The van der Waals surface area contributed by atoms with Crippen LogP contribution in [0.25, 0.3) is 0 Å². The first kappa shape index (κ1) is 20.1. The first-order valence-corrected chi connectivity index (χ1v) is 8.72. The van der Waals surface area contributed by atoms with E-state index >= 15 is 0 Å². The smallest absolute Gasteiger partial charge is 0.276 e. The van der Waals surface area contributed by atoms with Crippen LogP contribution in [0.1, 0.15) is 30.1 Å². The highest BCUT2D eigenvalue weighted by atomic mass is 16.5. The predicted octanol–water partition coefficient (Wildman–Crippen LogP) is 2.71. The maximum absolute atomic E-state index is 12.2. The van der Waals surface area contributed by atoms with E-state index in [2.05, 4.69) is 17.8 Å². The molecule has 0 spiro atoms. The first-order chi connectivity index (χ1) is 13.1. The van der Waals surface area contributed by atoms with Crippen LogP contribution in [-0.2, 0) is 4.79 Å². The average Bonchev–Trinajstić information content (AvgIpc) is 2.71. The molecule has 0 saturated carbocycles. The van der Waals surface area contributed by atoms with Gasteiger partial charge in [-0.05, 0) is 36.8 Å². The van der Waals surface area contributed by atoms with Gasteiger partial charge < -0.3 is 14.2 Å². The number of carbonyl (C=O) groups excluding carboxylic acids is 2. The van der Waals surface area contributed by atoms with Crippen molar-refractivity contribution in [2.24, 2.45) is 0 Å². The van der Waals surface area contributed by atoms with Gasteiger partial charge in [0.15, 0.2) is 18.1 Å². The van der Waals surface area contributed by atoms with Crippen LogP contribution in [0.3, 0.4) is 0 Å². The minimum Gasteiger partial charge on any atom is -0.493 e. The van der Waals surface area contributed by atoms with Gasteiger partial charge in [0, 0.05) is 5.56 Å². The van der Waals surface area contributed by atoms with Gasteiger partial charge in [-0.3, -0.25) is 20.4 Å². The van der Waals surface area contributed by atoms with E-state index in [9.17, 15) is 9.59 Å². The summed E-state index contributed by atoms with van der Waals surface area (Å²) in [5, 5.41) is 0. The highest BCUT2D eigenvalue weighted by Crippen LogP contribution is 2.28. The molecular weight excluding hydrogens is 348 g/mol. The number of unbranched alkanes of at least 4 members (excludes halogenated alkanes) is 1. The molecule has 2 aromatic carbocycles. The summed E-state index contributed by atoms with van der Waals surface area (Å²) in [6.07, 6.45) is 1.96. The first-order valence-electron chi connectivity index (χ1n) is 8.72. The number of rotatable bonds is 9. The molecule has 0 aromatic heterocycles. The van der Waals surface area contributed by atoms with Gasteiger partial charge in [0.25, 0.3) is 11.8 Å². The van der Waals surface area contributed by atoms with Crippen molar-refractivity contribution in [3.63, 3.8) is 0 Å². The molecule has 0 aliphatic carbocycles. The number of hydrogen-bond acceptors (Lipinski definition) is 5. The molecule has 0 atom stereocenters. The van der Waals surface area contributed by atoms with E-state index in [0.29, 0.717) is 29.4 Å². The monoisotopic (exact) mass is 372 g/mol. The number of para-hydroxylation sites is 1. The Kier molecular flexibility index (Phi) is 7.96. The Morgan fingerprint density at radius 3 is 2.44 bits per heavy atom. The van der Waals surface area contributed by atoms with Gasteiger partial charge in [0.1, 0.15) is 5.75 Å². The number of benzene rings is 2. The summed E-state index contributed by atoms with van der Waals surface area (Å²) in [6.45, 7) is 2.45. The van der Waals surface area contributed by atoms with Crippen LogP contribution < -0.4 is 25.1 Å². The van der Waals surface area contributed by atoms with Crippen molar-refractivity contribution in [2.45, 2.75) is 19.8 Å². The van der Waals surface area contributed by atoms with E-state index < -0.39 is 11.8 Å². The molecule has 0 aliphatic rings. The minimum atomic E-state index is -0.473. The summed E-state index contributed by atoms with van der Waals surface area (Å²) < 4.78 is 16.2. The Morgan fingerprint density at radius 1 is 0.963 bits per heavy atom. The Morgan fingerprint density at radius 2 is 1.74 bits per heavy atom. The maximum atomic E-state index is 12.2. The molecule has 144 valence electrons. The van der Waals surface area contributed by atoms with Crippen LogP contribution in [-0.4, -0.2) is 32.1 Å². The Bertz CT molecular complexity index is 749. The zero-order valence-corrected chi connectivity index (χ0v) is 15.5. The third-order valence-electron chi connectivity index (χ3n) is 3.61. The molecule has 2 N–H and O–H groups in total. The van der Waals surface area contributed by atoms with Gasteiger partial charge in [0.2, 0.25) is 0 Å². The van der Waals surface area contributed by atoms with Gasteiger partial charge in [-0.15, -0.1) is 0 Å². The average molecular weight is 372 g/mol. The van der Waals surface area contributed by atoms with Gasteiger partial charge in [-0.1, -0.05) is 31.5 Å². The maximum Gasteiger partial charge on any atom is 0.276 e. The highest BCUT2D eigenvalue weighted by molar-refractivity contribution is 5.96. The number of carbonyl (C=O) groups is 2. The number of hydrogen-bond donors (Lipinski definition) is 2. The molecule has 7 nitrogen and oxygen atoms in total. The van der Waals surface area contributed by atoms with Gasteiger partial charge >= 0.3 is 0 Å². The fourth-order valence-electron chi connectivity index (χ4n) is 2.15. The van der Waals surface area contributed by atoms with Crippen molar-refractivity contribution in [1.29, 1.82) is 0 Å². The van der Waals surface area contributed by atoms with E-state index in [0.717, 1.165) is 12.8 Å². The van der Waals surface area contributed by atoms with E-state index in [4.69, 9.17) is 14.2 Å². The van der Waals surface area contributed by atoms with E-state index in [1.165, 1.54) is 7.11 Å². The normalized spacial score (nSPS) is 10.0. The summed E-state index contributed by atoms with van der Waals surface area (Å²) in [5.74, 6) is 0.655. The Labute approximate surface area is 158 Å².